The number of alkyl halides is 3. The molecule has 1 heterocycles. The summed E-state index contributed by atoms with van der Waals surface area (Å²) in [5, 5.41) is 0. The van der Waals surface area contributed by atoms with Crippen LogP contribution in [-0.4, -0.2) is 17.6 Å². The number of carbonyl (C=O) groups is 1. The Morgan fingerprint density at radius 1 is 1.53 bits per heavy atom. The van der Waals surface area contributed by atoms with Gasteiger partial charge in [0, 0.05) is 0 Å². The zero-order chi connectivity index (χ0) is 11.6. The lowest BCUT2D eigenvalue weighted by Crippen LogP contribution is -2.19. The smallest absolute Gasteiger partial charge is 0.387 e. The van der Waals surface area contributed by atoms with Crippen LogP contribution in [0.5, 0.6) is 5.88 Å². The zero-order valence-corrected chi connectivity index (χ0v) is 9.59. The molecule has 1 aromatic rings. The lowest BCUT2D eigenvalue weighted by Gasteiger charge is -2.10. The molecule has 0 aliphatic carbocycles. The number of hydrogen-bond acceptors (Lipinski definition) is 3. The fraction of sp³-hybridized carbons (Fsp3) is 0.250. The number of carbonyl (C=O) groups excluding carboxylic acids is 1. The molecule has 0 aliphatic rings. The Labute approximate surface area is 96.8 Å². The summed E-state index contributed by atoms with van der Waals surface area (Å²) >= 11 is 1.66. The van der Waals surface area contributed by atoms with Crippen LogP contribution in [0.3, 0.4) is 0 Å². The van der Waals surface area contributed by atoms with Crippen LogP contribution in [0.1, 0.15) is 16.1 Å². The molecule has 0 amide bonds. The second-order valence-electron chi connectivity index (χ2n) is 2.64. The number of aryl methyl sites for hydroxylation is 1. The van der Waals surface area contributed by atoms with E-state index in [4.69, 9.17) is 0 Å². The predicted octanol–water partition coefficient (Wildman–Crippen LogP) is 2.71. The third kappa shape index (κ3) is 3.33. The van der Waals surface area contributed by atoms with Crippen molar-refractivity contribution in [3.8, 4) is 5.88 Å². The van der Waals surface area contributed by atoms with Crippen molar-refractivity contribution in [2.24, 2.45) is 0 Å². The maximum atomic E-state index is 11.9. The van der Waals surface area contributed by atoms with Gasteiger partial charge in [-0.3, -0.25) is 4.79 Å². The number of aromatic nitrogens is 1. The Hall–Kier alpha value is -0.860. The van der Waals surface area contributed by atoms with Crippen molar-refractivity contribution in [1.82, 2.24) is 4.98 Å². The molecule has 0 unspecified atom stereocenters. The largest absolute Gasteiger partial charge is 0.574 e. The highest BCUT2D eigenvalue weighted by Crippen LogP contribution is 2.26. The molecular weight excluding hydrogens is 326 g/mol. The average molecular weight is 331 g/mol. The average Bonchev–Trinajstić information content (AvgIpc) is 2.07. The summed E-state index contributed by atoms with van der Waals surface area (Å²) in [4.78, 5) is 13.9. The number of pyridine rings is 1. The molecule has 0 N–H and O–H groups in total. The van der Waals surface area contributed by atoms with E-state index in [9.17, 15) is 18.0 Å². The van der Waals surface area contributed by atoms with Gasteiger partial charge in [-0.1, -0.05) is 0 Å². The van der Waals surface area contributed by atoms with Crippen LogP contribution in [0.2, 0.25) is 0 Å². The lowest BCUT2D eigenvalue weighted by atomic mass is 10.2. The van der Waals surface area contributed by atoms with Gasteiger partial charge in [0.05, 0.1) is 3.57 Å². The molecule has 0 spiro atoms. The summed E-state index contributed by atoms with van der Waals surface area (Å²) in [5.74, 6) is -0.601. The molecule has 7 heteroatoms. The summed E-state index contributed by atoms with van der Waals surface area (Å²) in [5.41, 5.74) is 0.443. The second kappa shape index (κ2) is 4.33. The summed E-state index contributed by atoms with van der Waals surface area (Å²) in [7, 11) is 0. The van der Waals surface area contributed by atoms with Gasteiger partial charge in [0.25, 0.3) is 0 Å². The van der Waals surface area contributed by atoms with Crippen molar-refractivity contribution < 1.29 is 22.7 Å². The Morgan fingerprint density at radius 3 is 2.60 bits per heavy atom. The Morgan fingerprint density at radius 2 is 2.13 bits per heavy atom. The molecule has 0 saturated heterocycles. The maximum absolute atomic E-state index is 11.9. The molecule has 0 aromatic carbocycles. The van der Waals surface area contributed by atoms with E-state index in [1.807, 2.05) is 0 Å². The molecule has 0 aliphatic heterocycles. The summed E-state index contributed by atoms with van der Waals surface area (Å²) < 4.78 is 39.6. The fourth-order valence-electron chi connectivity index (χ4n) is 0.877. The number of nitrogens with zero attached hydrogens (tertiary/aromatic N) is 1. The molecule has 0 radical (unpaired) electrons. The molecule has 82 valence electrons. The first kappa shape index (κ1) is 12.2. The number of hydrogen-bond donors (Lipinski definition) is 0. The molecule has 3 nitrogen and oxygen atoms in total. The van der Waals surface area contributed by atoms with E-state index >= 15 is 0 Å². The number of rotatable bonds is 2. The van der Waals surface area contributed by atoms with Gasteiger partial charge in [-0.2, -0.15) is 0 Å². The van der Waals surface area contributed by atoms with Crippen molar-refractivity contribution in [3.05, 3.63) is 20.9 Å². The molecule has 0 saturated carbocycles. The number of aldehydes is 1. The van der Waals surface area contributed by atoms with E-state index < -0.39 is 12.2 Å². The van der Waals surface area contributed by atoms with Crippen LogP contribution >= 0.6 is 22.6 Å². The number of ether oxygens (including phenoxy) is 1. The van der Waals surface area contributed by atoms with Crippen LogP contribution in [0.4, 0.5) is 13.2 Å². The Balaban J connectivity index is 3.13. The highest BCUT2D eigenvalue weighted by Gasteiger charge is 2.33. The minimum Gasteiger partial charge on any atom is -0.387 e. The van der Waals surface area contributed by atoms with Crippen molar-refractivity contribution in [1.29, 1.82) is 0 Å². The van der Waals surface area contributed by atoms with E-state index in [0.717, 1.165) is 0 Å². The van der Waals surface area contributed by atoms with Crippen LogP contribution in [-0.2, 0) is 0 Å². The topological polar surface area (TPSA) is 39.2 Å². The SMILES string of the molecule is Cc1cc(I)c(OC(F)(F)F)nc1C=O. The maximum Gasteiger partial charge on any atom is 0.574 e. The lowest BCUT2D eigenvalue weighted by molar-refractivity contribution is -0.276. The van der Waals surface area contributed by atoms with Gasteiger partial charge in [0.2, 0.25) is 5.88 Å². The normalized spacial score (nSPS) is 11.3. The van der Waals surface area contributed by atoms with Gasteiger partial charge in [0.1, 0.15) is 5.69 Å². The highest BCUT2D eigenvalue weighted by atomic mass is 127. The number of halogens is 4. The van der Waals surface area contributed by atoms with Crippen LogP contribution in [0, 0.1) is 10.5 Å². The van der Waals surface area contributed by atoms with Gasteiger partial charge in [-0.05, 0) is 41.1 Å². The molecule has 1 rings (SSSR count). The summed E-state index contributed by atoms with van der Waals surface area (Å²) in [6.45, 7) is 1.58. The van der Waals surface area contributed by atoms with Crippen LogP contribution < -0.4 is 4.74 Å². The minimum absolute atomic E-state index is 0.0605. The Bertz CT molecular complexity index is 392. The zero-order valence-electron chi connectivity index (χ0n) is 7.43. The third-order valence-corrected chi connectivity index (χ3v) is 2.27. The van der Waals surface area contributed by atoms with Crippen molar-refractivity contribution in [3.63, 3.8) is 0 Å². The minimum atomic E-state index is -4.80. The van der Waals surface area contributed by atoms with Gasteiger partial charge in [-0.25, -0.2) is 4.98 Å². The second-order valence-corrected chi connectivity index (χ2v) is 3.81. The Kier molecular flexibility index (Phi) is 3.53. The molecule has 0 atom stereocenters. The molecular formula is C8H5F3INO2. The van der Waals surface area contributed by atoms with E-state index in [2.05, 4.69) is 9.72 Å². The van der Waals surface area contributed by atoms with E-state index in [-0.39, 0.29) is 9.26 Å². The standard InChI is InChI=1S/C8H5F3INO2/c1-4-2-5(12)7(13-6(4)3-14)15-8(9,10)11/h2-3H,1H3. The summed E-state index contributed by atoms with van der Waals surface area (Å²) in [6.07, 6.45) is -4.42. The quantitative estimate of drug-likeness (QED) is 0.618. The first-order valence-electron chi connectivity index (χ1n) is 3.71. The van der Waals surface area contributed by atoms with E-state index in [1.54, 1.807) is 29.5 Å². The van der Waals surface area contributed by atoms with Gasteiger partial charge in [-0.15, -0.1) is 13.2 Å². The van der Waals surface area contributed by atoms with Crippen molar-refractivity contribution in [2.75, 3.05) is 0 Å². The van der Waals surface area contributed by atoms with E-state index in [1.165, 1.54) is 6.07 Å². The highest BCUT2D eigenvalue weighted by molar-refractivity contribution is 14.1. The molecule has 15 heavy (non-hydrogen) atoms. The van der Waals surface area contributed by atoms with E-state index in [0.29, 0.717) is 11.8 Å². The van der Waals surface area contributed by atoms with Gasteiger partial charge >= 0.3 is 6.36 Å². The fourth-order valence-corrected chi connectivity index (χ4v) is 1.58. The molecule has 0 fully saturated rings. The van der Waals surface area contributed by atoms with Gasteiger partial charge < -0.3 is 4.74 Å². The first-order chi connectivity index (χ1) is 6.83. The first-order valence-corrected chi connectivity index (χ1v) is 4.79. The van der Waals surface area contributed by atoms with Gasteiger partial charge in [0.15, 0.2) is 6.29 Å². The van der Waals surface area contributed by atoms with Crippen molar-refractivity contribution in [2.45, 2.75) is 13.3 Å². The van der Waals surface area contributed by atoms with Crippen LogP contribution in [0.25, 0.3) is 0 Å². The van der Waals surface area contributed by atoms with Crippen LogP contribution in [0.15, 0.2) is 6.07 Å². The molecule has 1 aromatic heterocycles. The third-order valence-electron chi connectivity index (χ3n) is 1.50. The predicted molar refractivity (Wildman–Crippen MR) is 53.8 cm³/mol. The van der Waals surface area contributed by atoms with Crippen molar-refractivity contribution >= 4 is 28.9 Å². The molecule has 0 bridgehead atoms. The monoisotopic (exact) mass is 331 g/mol. The summed E-state index contributed by atoms with van der Waals surface area (Å²) in [6, 6.07) is 1.40.